The van der Waals surface area contributed by atoms with Gasteiger partial charge in [-0.25, -0.2) is 0 Å². The van der Waals surface area contributed by atoms with Gasteiger partial charge in [0.15, 0.2) is 0 Å². The van der Waals surface area contributed by atoms with Gasteiger partial charge in [-0.3, -0.25) is 4.90 Å². The van der Waals surface area contributed by atoms with Crippen molar-refractivity contribution in [2.75, 3.05) is 18.8 Å². The number of benzene rings is 1. The minimum atomic E-state index is 0.424. The third-order valence-corrected chi connectivity index (χ3v) is 4.69. The summed E-state index contributed by atoms with van der Waals surface area (Å²) in [6.07, 6.45) is 1.31. The first-order valence-electron chi connectivity index (χ1n) is 6.62. The highest BCUT2D eigenvalue weighted by Gasteiger charge is 2.31. The molecule has 2 nitrogen and oxygen atoms in total. The quantitative estimate of drug-likeness (QED) is 0.839. The zero-order chi connectivity index (χ0) is 13.3. The van der Waals surface area contributed by atoms with Crippen molar-refractivity contribution in [3.05, 3.63) is 28.2 Å². The van der Waals surface area contributed by atoms with E-state index in [4.69, 9.17) is 5.73 Å². The molecule has 1 fully saturated rings. The Kier molecular flexibility index (Phi) is 4.02. The van der Waals surface area contributed by atoms with Gasteiger partial charge in [0.2, 0.25) is 0 Å². The van der Waals surface area contributed by atoms with Crippen LogP contribution in [0.2, 0.25) is 0 Å². The summed E-state index contributed by atoms with van der Waals surface area (Å²) in [7, 11) is 0. The number of nitrogens with zero attached hydrogens (tertiary/aromatic N) is 1. The van der Waals surface area contributed by atoms with E-state index < -0.39 is 0 Å². The first-order valence-corrected chi connectivity index (χ1v) is 7.42. The molecule has 0 saturated carbocycles. The number of anilines is 1. The van der Waals surface area contributed by atoms with E-state index in [1.54, 1.807) is 0 Å². The smallest absolute Gasteiger partial charge is 0.0461 e. The van der Waals surface area contributed by atoms with E-state index in [1.165, 1.54) is 25.1 Å². The Labute approximate surface area is 119 Å². The molecule has 1 aliphatic rings. The molecule has 2 rings (SSSR count). The maximum absolute atomic E-state index is 5.93. The molecule has 100 valence electrons. The van der Waals surface area contributed by atoms with Crippen molar-refractivity contribution >= 4 is 21.6 Å². The number of nitrogens with two attached hydrogens (primary N) is 1. The summed E-state index contributed by atoms with van der Waals surface area (Å²) >= 11 is 3.44. The molecule has 3 heteroatoms. The van der Waals surface area contributed by atoms with Crippen molar-refractivity contribution in [1.29, 1.82) is 0 Å². The number of halogens is 1. The van der Waals surface area contributed by atoms with E-state index in [1.807, 2.05) is 6.07 Å². The van der Waals surface area contributed by atoms with E-state index >= 15 is 0 Å². The first-order chi connectivity index (χ1) is 8.36. The maximum atomic E-state index is 5.93. The largest absolute Gasteiger partial charge is 0.398 e. The van der Waals surface area contributed by atoms with Gasteiger partial charge in [-0.1, -0.05) is 26.8 Å². The van der Waals surface area contributed by atoms with E-state index in [0.29, 0.717) is 5.41 Å². The SMILES string of the molecule is CC(C)(C)C1CCN(Cc2ccc(Br)c(N)c2)C1. The maximum Gasteiger partial charge on any atom is 0.0461 e. The van der Waals surface area contributed by atoms with Crippen LogP contribution in [0.3, 0.4) is 0 Å². The Morgan fingerprint density at radius 1 is 1.39 bits per heavy atom. The highest BCUT2D eigenvalue weighted by Crippen LogP contribution is 2.34. The van der Waals surface area contributed by atoms with Crippen LogP contribution in [-0.4, -0.2) is 18.0 Å². The molecule has 0 radical (unpaired) electrons. The van der Waals surface area contributed by atoms with Gasteiger partial charge in [0.05, 0.1) is 0 Å². The number of likely N-dealkylation sites (tertiary alicyclic amines) is 1. The lowest BCUT2D eigenvalue weighted by Gasteiger charge is -2.27. The molecule has 1 atom stereocenters. The molecule has 0 amide bonds. The Morgan fingerprint density at radius 2 is 2.11 bits per heavy atom. The summed E-state index contributed by atoms with van der Waals surface area (Å²) in [4.78, 5) is 2.54. The predicted molar refractivity (Wildman–Crippen MR) is 81.4 cm³/mol. The summed E-state index contributed by atoms with van der Waals surface area (Å²) in [5.74, 6) is 0.810. The summed E-state index contributed by atoms with van der Waals surface area (Å²) < 4.78 is 0.986. The number of rotatable bonds is 2. The molecule has 0 bridgehead atoms. The molecule has 1 heterocycles. The van der Waals surface area contributed by atoms with Crippen molar-refractivity contribution in [3.8, 4) is 0 Å². The molecule has 1 aromatic carbocycles. The zero-order valence-electron chi connectivity index (χ0n) is 11.5. The third-order valence-electron chi connectivity index (χ3n) is 3.96. The van der Waals surface area contributed by atoms with E-state index in [-0.39, 0.29) is 0 Å². The second-order valence-corrected chi connectivity index (χ2v) is 7.30. The summed E-state index contributed by atoms with van der Waals surface area (Å²) in [6, 6.07) is 6.28. The molecule has 2 N–H and O–H groups in total. The zero-order valence-corrected chi connectivity index (χ0v) is 13.1. The van der Waals surface area contributed by atoms with Crippen molar-refractivity contribution in [3.63, 3.8) is 0 Å². The standard InChI is InChI=1S/C15H23BrN2/c1-15(2,3)12-6-7-18(10-12)9-11-4-5-13(16)14(17)8-11/h4-5,8,12H,6-7,9-10,17H2,1-3H3. The monoisotopic (exact) mass is 310 g/mol. The number of nitrogen functional groups attached to an aromatic ring is 1. The Balaban J connectivity index is 1.97. The van der Waals surface area contributed by atoms with Gasteiger partial charge in [-0.2, -0.15) is 0 Å². The van der Waals surface area contributed by atoms with Crippen LogP contribution in [0, 0.1) is 11.3 Å². The highest BCUT2D eigenvalue weighted by molar-refractivity contribution is 9.10. The topological polar surface area (TPSA) is 29.3 Å². The van der Waals surface area contributed by atoms with Crippen LogP contribution >= 0.6 is 15.9 Å². The Morgan fingerprint density at radius 3 is 2.67 bits per heavy atom. The summed E-state index contributed by atoms with van der Waals surface area (Å²) in [5, 5.41) is 0. The van der Waals surface area contributed by atoms with E-state index in [0.717, 1.165) is 22.6 Å². The molecular weight excluding hydrogens is 288 g/mol. The lowest BCUT2D eigenvalue weighted by Crippen LogP contribution is -2.25. The van der Waals surface area contributed by atoms with Crippen LogP contribution in [0.1, 0.15) is 32.8 Å². The van der Waals surface area contributed by atoms with Gasteiger partial charge in [0, 0.05) is 23.2 Å². The highest BCUT2D eigenvalue weighted by atomic mass is 79.9. The fraction of sp³-hybridized carbons (Fsp3) is 0.600. The first kappa shape index (κ1) is 13.9. The number of hydrogen-bond acceptors (Lipinski definition) is 2. The minimum absolute atomic E-state index is 0.424. The molecule has 1 aliphatic heterocycles. The van der Waals surface area contributed by atoms with Crippen molar-refractivity contribution < 1.29 is 0 Å². The predicted octanol–water partition coefficient (Wildman–Crippen LogP) is 3.90. The van der Waals surface area contributed by atoms with Crippen LogP contribution in [0.25, 0.3) is 0 Å². The normalized spacial score (nSPS) is 21.4. The number of hydrogen-bond donors (Lipinski definition) is 1. The van der Waals surface area contributed by atoms with Gasteiger partial charge in [0.1, 0.15) is 0 Å². The lowest BCUT2D eigenvalue weighted by atomic mass is 9.80. The molecule has 0 aromatic heterocycles. The Hall–Kier alpha value is -0.540. The van der Waals surface area contributed by atoms with Crippen molar-refractivity contribution in [2.24, 2.45) is 11.3 Å². The second-order valence-electron chi connectivity index (χ2n) is 6.44. The fourth-order valence-electron chi connectivity index (χ4n) is 2.63. The fourth-order valence-corrected chi connectivity index (χ4v) is 2.88. The summed E-state index contributed by atoms with van der Waals surface area (Å²) in [5.41, 5.74) is 8.49. The molecule has 1 saturated heterocycles. The second kappa shape index (κ2) is 5.22. The van der Waals surface area contributed by atoms with Crippen LogP contribution in [0.15, 0.2) is 22.7 Å². The molecule has 1 aromatic rings. The van der Waals surface area contributed by atoms with Gasteiger partial charge in [-0.05, 0) is 57.9 Å². The molecule has 0 spiro atoms. The van der Waals surface area contributed by atoms with Gasteiger partial charge in [-0.15, -0.1) is 0 Å². The van der Waals surface area contributed by atoms with E-state index in [9.17, 15) is 0 Å². The Bertz CT molecular complexity index is 423. The summed E-state index contributed by atoms with van der Waals surface area (Å²) in [6.45, 7) is 10.5. The molecule has 0 aliphatic carbocycles. The average Bonchev–Trinajstić information content (AvgIpc) is 2.72. The van der Waals surface area contributed by atoms with Gasteiger partial charge in [0.25, 0.3) is 0 Å². The van der Waals surface area contributed by atoms with Crippen LogP contribution in [-0.2, 0) is 6.54 Å². The van der Waals surface area contributed by atoms with Crippen molar-refractivity contribution in [1.82, 2.24) is 4.90 Å². The van der Waals surface area contributed by atoms with Crippen molar-refractivity contribution in [2.45, 2.75) is 33.7 Å². The molecule has 18 heavy (non-hydrogen) atoms. The third kappa shape index (κ3) is 3.27. The van der Waals surface area contributed by atoms with Crippen LogP contribution < -0.4 is 5.73 Å². The average molecular weight is 311 g/mol. The minimum Gasteiger partial charge on any atom is -0.398 e. The molecular formula is C15H23BrN2. The van der Waals surface area contributed by atoms with Gasteiger partial charge < -0.3 is 5.73 Å². The lowest BCUT2D eigenvalue weighted by molar-refractivity contribution is 0.226. The van der Waals surface area contributed by atoms with E-state index in [2.05, 4.69) is 53.7 Å². The molecule has 1 unspecified atom stereocenters. The van der Waals surface area contributed by atoms with Crippen LogP contribution in [0.4, 0.5) is 5.69 Å². The van der Waals surface area contributed by atoms with Crippen LogP contribution in [0.5, 0.6) is 0 Å². The van der Waals surface area contributed by atoms with Gasteiger partial charge >= 0.3 is 0 Å².